The van der Waals surface area contributed by atoms with Crippen molar-refractivity contribution in [2.24, 2.45) is 0 Å². The maximum Gasteiger partial charge on any atom is 0.308 e. The molecule has 0 aromatic rings. The highest BCUT2D eigenvalue weighted by molar-refractivity contribution is 5.88. The van der Waals surface area contributed by atoms with Crippen LogP contribution in [0.5, 0.6) is 0 Å². The number of Topliss-reactive ketones (excluding diaryl/α,β-unsaturated/α-hetero) is 1. The molecule has 0 amide bonds. The van der Waals surface area contributed by atoms with Crippen molar-refractivity contribution in [3.8, 4) is 0 Å². The number of ketones is 1. The van der Waals surface area contributed by atoms with Gasteiger partial charge in [0.15, 0.2) is 11.6 Å². The molecule has 0 unspecified atom stereocenters. The van der Waals surface area contributed by atoms with E-state index in [-0.39, 0.29) is 18.8 Å². The van der Waals surface area contributed by atoms with Gasteiger partial charge in [-0.1, -0.05) is 0 Å². The Balaban J connectivity index is 2.57. The lowest BCUT2D eigenvalue weighted by molar-refractivity contribution is -0.259. The van der Waals surface area contributed by atoms with Gasteiger partial charge in [0.2, 0.25) is 0 Å². The third kappa shape index (κ3) is 2.78. The highest BCUT2D eigenvalue weighted by Crippen LogP contribution is 2.21. The summed E-state index contributed by atoms with van der Waals surface area (Å²) in [4.78, 5) is 22.2. The summed E-state index contributed by atoms with van der Waals surface area (Å²) < 4.78 is 14.8. The molecule has 1 aliphatic heterocycles. The molecule has 0 aliphatic carbocycles. The first-order valence-corrected chi connectivity index (χ1v) is 4.36. The second-order valence-corrected chi connectivity index (χ2v) is 3.54. The van der Waals surface area contributed by atoms with Crippen LogP contribution in [0, 0.1) is 0 Å². The molecule has 80 valence electrons. The zero-order valence-corrected chi connectivity index (χ0v) is 8.53. The maximum atomic E-state index is 11.3. The monoisotopic (exact) mass is 202 g/mol. The normalized spacial score (nSPS) is 25.9. The molecular weight excluding hydrogens is 188 g/mol. The number of hydrogen-bond donors (Lipinski definition) is 0. The number of methoxy groups -OCH3 is 1. The Bertz CT molecular complexity index is 246. The number of hydrogen-bond acceptors (Lipinski definition) is 5. The van der Waals surface area contributed by atoms with Crippen LogP contribution in [-0.4, -0.2) is 37.4 Å². The predicted molar refractivity (Wildman–Crippen MR) is 46.5 cm³/mol. The number of carbonyl (C=O) groups is 2. The summed E-state index contributed by atoms with van der Waals surface area (Å²) >= 11 is 0. The molecule has 5 heteroatoms. The lowest BCUT2D eigenvalue weighted by atomic mass is 10.1. The third-order valence-corrected chi connectivity index (χ3v) is 1.93. The molecule has 1 heterocycles. The smallest absolute Gasteiger partial charge is 0.308 e. The summed E-state index contributed by atoms with van der Waals surface area (Å²) in [5.41, 5.74) is 0. The van der Waals surface area contributed by atoms with Gasteiger partial charge in [0.25, 0.3) is 0 Å². The number of ether oxygens (including phenoxy) is 3. The van der Waals surface area contributed by atoms with E-state index >= 15 is 0 Å². The first-order chi connectivity index (χ1) is 6.44. The lowest BCUT2D eigenvalue weighted by Gasteiger charge is -2.34. The summed E-state index contributed by atoms with van der Waals surface area (Å²) in [6.07, 6.45) is -0.798. The molecule has 1 aliphatic rings. The Labute approximate surface area is 82.3 Å². The molecule has 14 heavy (non-hydrogen) atoms. The summed E-state index contributed by atoms with van der Waals surface area (Å²) in [5.74, 6) is -1.50. The van der Waals surface area contributed by atoms with E-state index in [1.807, 2.05) is 0 Å². The molecule has 1 saturated heterocycles. The Kier molecular flexibility index (Phi) is 3.23. The SMILES string of the molecule is COC(=O)C[C@@H]1OC(C)(C)OCC1=O. The van der Waals surface area contributed by atoms with E-state index in [0.717, 1.165) is 0 Å². The molecule has 0 saturated carbocycles. The first kappa shape index (κ1) is 11.1. The van der Waals surface area contributed by atoms with E-state index in [0.29, 0.717) is 0 Å². The Morgan fingerprint density at radius 2 is 2.29 bits per heavy atom. The minimum Gasteiger partial charge on any atom is -0.469 e. The summed E-state index contributed by atoms with van der Waals surface area (Å²) in [6, 6.07) is 0. The fourth-order valence-corrected chi connectivity index (χ4v) is 1.17. The van der Waals surface area contributed by atoms with Crippen molar-refractivity contribution in [1.29, 1.82) is 0 Å². The summed E-state index contributed by atoms with van der Waals surface area (Å²) in [7, 11) is 1.28. The lowest BCUT2D eigenvalue weighted by Crippen LogP contribution is -2.46. The van der Waals surface area contributed by atoms with Gasteiger partial charge in [0, 0.05) is 0 Å². The Morgan fingerprint density at radius 3 is 2.86 bits per heavy atom. The van der Waals surface area contributed by atoms with Gasteiger partial charge in [-0.3, -0.25) is 9.59 Å². The molecular formula is C9H14O5. The molecule has 0 bridgehead atoms. The average Bonchev–Trinajstić information content (AvgIpc) is 2.11. The fraction of sp³-hybridized carbons (Fsp3) is 0.778. The summed E-state index contributed by atoms with van der Waals surface area (Å²) in [5, 5.41) is 0. The fourth-order valence-electron chi connectivity index (χ4n) is 1.17. The van der Waals surface area contributed by atoms with Gasteiger partial charge in [0.05, 0.1) is 13.5 Å². The van der Waals surface area contributed by atoms with Crippen LogP contribution in [0.15, 0.2) is 0 Å². The van der Waals surface area contributed by atoms with Crippen molar-refractivity contribution < 1.29 is 23.8 Å². The van der Waals surface area contributed by atoms with Crippen molar-refractivity contribution in [3.05, 3.63) is 0 Å². The standard InChI is InChI=1S/C9H14O5/c1-9(2)13-5-6(10)7(14-9)4-8(11)12-3/h7H,4-5H2,1-3H3/t7-/m0/s1. The first-order valence-electron chi connectivity index (χ1n) is 4.36. The highest BCUT2D eigenvalue weighted by atomic mass is 16.7. The van der Waals surface area contributed by atoms with E-state index in [1.54, 1.807) is 13.8 Å². The molecule has 1 atom stereocenters. The molecule has 0 N–H and O–H groups in total. The second-order valence-electron chi connectivity index (χ2n) is 3.54. The van der Waals surface area contributed by atoms with Gasteiger partial charge in [-0.2, -0.15) is 0 Å². The second kappa shape index (κ2) is 4.06. The molecule has 5 nitrogen and oxygen atoms in total. The van der Waals surface area contributed by atoms with Crippen LogP contribution in [-0.2, 0) is 23.8 Å². The number of rotatable bonds is 2. The number of carbonyl (C=O) groups excluding carboxylic acids is 2. The van der Waals surface area contributed by atoms with E-state index in [9.17, 15) is 9.59 Å². The van der Waals surface area contributed by atoms with Crippen LogP contribution in [0.1, 0.15) is 20.3 Å². The topological polar surface area (TPSA) is 61.8 Å². The van der Waals surface area contributed by atoms with E-state index in [2.05, 4.69) is 4.74 Å². The van der Waals surface area contributed by atoms with Crippen LogP contribution in [0.4, 0.5) is 0 Å². The van der Waals surface area contributed by atoms with Gasteiger partial charge in [0.1, 0.15) is 12.7 Å². The van der Waals surface area contributed by atoms with Crippen molar-refractivity contribution in [2.75, 3.05) is 13.7 Å². The van der Waals surface area contributed by atoms with E-state index in [1.165, 1.54) is 7.11 Å². The van der Waals surface area contributed by atoms with Crippen LogP contribution in [0.2, 0.25) is 0 Å². The Morgan fingerprint density at radius 1 is 1.64 bits per heavy atom. The van der Waals surface area contributed by atoms with Crippen LogP contribution < -0.4 is 0 Å². The highest BCUT2D eigenvalue weighted by Gasteiger charge is 2.36. The zero-order chi connectivity index (χ0) is 10.8. The van der Waals surface area contributed by atoms with E-state index < -0.39 is 17.9 Å². The largest absolute Gasteiger partial charge is 0.469 e. The molecule has 0 aromatic carbocycles. The van der Waals surface area contributed by atoms with Crippen molar-refractivity contribution >= 4 is 11.8 Å². The predicted octanol–water partition coefficient (Wildman–Crippen LogP) is 0.270. The average molecular weight is 202 g/mol. The van der Waals surface area contributed by atoms with Gasteiger partial charge in [-0.15, -0.1) is 0 Å². The molecule has 0 aromatic heterocycles. The number of esters is 1. The van der Waals surface area contributed by atoms with Crippen LogP contribution in [0.25, 0.3) is 0 Å². The zero-order valence-electron chi connectivity index (χ0n) is 8.53. The van der Waals surface area contributed by atoms with Crippen molar-refractivity contribution in [1.82, 2.24) is 0 Å². The van der Waals surface area contributed by atoms with Gasteiger partial charge < -0.3 is 14.2 Å². The Hall–Kier alpha value is -0.940. The van der Waals surface area contributed by atoms with Gasteiger partial charge >= 0.3 is 5.97 Å². The van der Waals surface area contributed by atoms with Crippen molar-refractivity contribution in [2.45, 2.75) is 32.2 Å². The third-order valence-electron chi connectivity index (χ3n) is 1.93. The van der Waals surface area contributed by atoms with Crippen LogP contribution >= 0.6 is 0 Å². The van der Waals surface area contributed by atoms with Crippen LogP contribution in [0.3, 0.4) is 0 Å². The minimum atomic E-state index is -0.813. The van der Waals surface area contributed by atoms with E-state index in [4.69, 9.17) is 9.47 Å². The minimum absolute atomic E-state index is 0.0192. The van der Waals surface area contributed by atoms with Crippen molar-refractivity contribution in [3.63, 3.8) is 0 Å². The molecule has 1 fully saturated rings. The van der Waals surface area contributed by atoms with Gasteiger partial charge in [-0.25, -0.2) is 0 Å². The summed E-state index contributed by atoms with van der Waals surface area (Å²) in [6.45, 7) is 3.38. The molecule has 1 rings (SSSR count). The maximum absolute atomic E-state index is 11.3. The molecule has 0 radical (unpaired) electrons. The quantitative estimate of drug-likeness (QED) is 0.601. The van der Waals surface area contributed by atoms with Gasteiger partial charge in [-0.05, 0) is 13.8 Å². The molecule has 0 spiro atoms.